The molecule has 0 amide bonds. The van der Waals surface area contributed by atoms with Gasteiger partial charge in [0, 0.05) is 43.8 Å². The number of piperazine rings is 1. The SMILES string of the molecule is Cc1nc2cnc3[nH]ccc3c2n1C1CCC(CS(=O)(=O)N2CCN(C)CC2)CC1. The normalized spacial score (nSPS) is 24.7. The number of sulfonamides is 1. The van der Waals surface area contributed by atoms with E-state index in [1.54, 1.807) is 4.31 Å². The molecule has 3 aromatic rings. The van der Waals surface area contributed by atoms with Crippen molar-refractivity contribution in [2.24, 2.45) is 5.92 Å². The van der Waals surface area contributed by atoms with E-state index in [0.29, 0.717) is 24.9 Å². The van der Waals surface area contributed by atoms with Gasteiger partial charge in [-0.2, -0.15) is 4.31 Å². The first-order chi connectivity index (χ1) is 14.4. The fraction of sp³-hybridized carbons (Fsp3) is 0.619. The summed E-state index contributed by atoms with van der Waals surface area (Å²) >= 11 is 0. The second-order valence-corrected chi connectivity index (χ2v) is 10.9. The Bertz CT molecular complexity index is 1150. The smallest absolute Gasteiger partial charge is 0.214 e. The molecule has 0 spiro atoms. The van der Waals surface area contributed by atoms with Crippen LogP contribution < -0.4 is 0 Å². The van der Waals surface area contributed by atoms with E-state index in [1.807, 2.05) is 19.4 Å². The number of fused-ring (bicyclic) bond motifs is 3. The van der Waals surface area contributed by atoms with Gasteiger partial charge in [-0.15, -0.1) is 0 Å². The molecule has 162 valence electrons. The van der Waals surface area contributed by atoms with Crippen molar-refractivity contribution in [3.05, 3.63) is 24.3 Å². The van der Waals surface area contributed by atoms with Crippen LogP contribution >= 0.6 is 0 Å². The molecular formula is C21H30N6O2S. The number of nitrogens with zero attached hydrogens (tertiary/aromatic N) is 5. The van der Waals surface area contributed by atoms with Gasteiger partial charge in [-0.25, -0.2) is 18.4 Å². The van der Waals surface area contributed by atoms with Crippen LogP contribution in [0.25, 0.3) is 22.1 Å². The summed E-state index contributed by atoms with van der Waals surface area (Å²) in [6.07, 6.45) is 7.62. The molecule has 1 saturated heterocycles. The highest BCUT2D eigenvalue weighted by atomic mass is 32.2. The summed E-state index contributed by atoms with van der Waals surface area (Å²) in [5, 5.41) is 1.10. The van der Waals surface area contributed by atoms with Crippen LogP contribution in [0.3, 0.4) is 0 Å². The van der Waals surface area contributed by atoms with Crippen molar-refractivity contribution >= 4 is 32.1 Å². The van der Waals surface area contributed by atoms with E-state index in [1.165, 1.54) is 0 Å². The van der Waals surface area contributed by atoms with E-state index in [9.17, 15) is 8.42 Å². The van der Waals surface area contributed by atoms with Gasteiger partial charge in [0.15, 0.2) is 0 Å². The Kier molecular flexibility index (Phi) is 5.07. The Balaban J connectivity index is 1.31. The third kappa shape index (κ3) is 3.52. The third-order valence-electron chi connectivity index (χ3n) is 6.89. The summed E-state index contributed by atoms with van der Waals surface area (Å²) in [7, 11) is -1.12. The van der Waals surface area contributed by atoms with Gasteiger partial charge in [0.1, 0.15) is 17.0 Å². The van der Waals surface area contributed by atoms with Crippen LogP contribution in [0.2, 0.25) is 0 Å². The molecule has 1 aliphatic carbocycles. The average molecular weight is 431 g/mol. The molecular weight excluding hydrogens is 400 g/mol. The molecule has 5 rings (SSSR count). The van der Waals surface area contributed by atoms with Gasteiger partial charge < -0.3 is 14.5 Å². The number of aromatic nitrogens is 4. The zero-order valence-electron chi connectivity index (χ0n) is 17.7. The highest BCUT2D eigenvalue weighted by Gasteiger charge is 2.32. The molecule has 2 fully saturated rings. The molecule has 3 aromatic heterocycles. The lowest BCUT2D eigenvalue weighted by Crippen LogP contribution is -2.48. The lowest BCUT2D eigenvalue weighted by Gasteiger charge is -2.34. The highest BCUT2D eigenvalue weighted by Crippen LogP contribution is 2.37. The fourth-order valence-electron chi connectivity index (χ4n) is 5.19. The van der Waals surface area contributed by atoms with Crippen molar-refractivity contribution in [1.82, 2.24) is 28.7 Å². The number of rotatable bonds is 4. The van der Waals surface area contributed by atoms with E-state index in [2.05, 4.69) is 32.4 Å². The Morgan fingerprint density at radius 1 is 1.13 bits per heavy atom. The summed E-state index contributed by atoms with van der Waals surface area (Å²) in [6.45, 7) is 4.94. The molecule has 8 nitrogen and oxygen atoms in total. The lowest BCUT2D eigenvalue weighted by atomic mass is 9.87. The number of pyridine rings is 1. The van der Waals surface area contributed by atoms with Crippen molar-refractivity contribution in [1.29, 1.82) is 0 Å². The van der Waals surface area contributed by atoms with Crippen LogP contribution in [0.4, 0.5) is 0 Å². The minimum Gasteiger partial charge on any atom is -0.346 e. The number of imidazole rings is 1. The predicted molar refractivity (Wildman–Crippen MR) is 118 cm³/mol. The molecule has 0 atom stereocenters. The number of aromatic amines is 1. The quantitative estimate of drug-likeness (QED) is 0.687. The van der Waals surface area contributed by atoms with E-state index < -0.39 is 10.0 Å². The van der Waals surface area contributed by atoms with Crippen LogP contribution in [0.5, 0.6) is 0 Å². The van der Waals surface area contributed by atoms with Crippen molar-refractivity contribution in [3.8, 4) is 0 Å². The Morgan fingerprint density at radius 3 is 2.60 bits per heavy atom. The monoisotopic (exact) mass is 430 g/mol. The van der Waals surface area contributed by atoms with Crippen molar-refractivity contribution in [3.63, 3.8) is 0 Å². The molecule has 2 aliphatic rings. The molecule has 0 unspecified atom stereocenters. The maximum atomic E-state index is 12.9. The molecule has 0 bridgehead atoms. The van der Waals surface area contributed by atoms with Gasteiger partial charge in [-0.3, -0.25) is 0 Å². The Labute approximate surface area is 177 Å². The average Bonchev–Trinajstić information content (AvgIpc) is 3.32. The summed E-state index contributed by atoms with van der Waals surface area (Å²) in [5.41, 5.74) is 2.96. The lowest BCUT2D eigenvalue weighted by molar-refractivity contribution is 0.220. The van der Waals surface area contributed by atoms with Gasteiger partial charge >= 0.3 is 0 Å². The molecule has 4 heterocycles. The van der Waals surface area contributed by atoms with Gasteiger partial charge in [0.2, 0.25) is 10.0 Å². The number of nitrogens with one attached hydrogen (secondary N) is 1. The molecule has 1 saturated carbocycles. The number of hydrogen-bond donors (Lipinski definition) is 1. The van der Waals surface area contributed by atoms with E-state index in [-0.39, 0.29) is 5.92 Å². The van der Waals surface area contributed by atoms with Gasteiger partial charge in [-0.1, -0.05) is 0 Å². The number of H-pyrrole nitrogens is 1. The Morgan fingerprint density at radius 2 is 1.87 bits per heavy atom. The van der Waals surface area contributed by atoms with Crippen molar-refractivity contribution in [2.45, 2.75) is 38.6 Å². The van der Waals surface area contributed by atoms with Crippen molar-refractivity contribution < 1.29 is 8.42 Å². The maximum absolute atomic E-state index is 12.9. The standard InChI is InChI=1S/C21H30N6O2S/c1-15-24-19-13-23-21-18(7-8-22-21)20(19)27(15)17-5-3-16(4-6-17)14-30(28,29)26-11-9-25(2)10-12-26/h7-8,13,16-17H,3-6,9-12,14H2,1-2H3,(H,22,23). The topological polar surface area (TPSA) is 87.1 Å². The fourth-order valence-corrected chi connectivity index (χ4v) is 7.05. The first-order valence-electron chi connectivity index (χ1n) is 10.9. The largest absolute Gasteiger partial charge is 0.346 e. The Hall–Kier alpha value is -1.97. The third-order valence-corrected chi connectivity index (χ3v) is 8.94. The second-order valence-electron chi connectivity index (χ2n) is 8.92. The van der Waals surface area contributed by atoms with Gasteiger partial charge in [0.05, 0.1) is 17.5 Å². The molecule has 0 aromatic carbocycles. The number of likely N-dealkylation sites (N-methyl/N-ethyl adjacent to an activating group) is 1. The van der Waals surface area contributed by atoms with Crippen LogP contribution in [-0.4, -0.2) is 76.1 Å². The number of hydrogen-bond acceptors (Lipinski definition) is 5. The van der Waals surface area contributed by atoms with Crippen LogP contribution in [0.15, 0.2) is 18.5 Å². The molecule has 9 heteroatoms. The molecule has 1 aliphatic heterocycles. The van der Waals surface area contributed by atoms with E-state index >= 15 is 0 Å². The molecule has 30 heavy (non-hydrogen) atoms. The summed E-state index contributed by atoms with van der Waals surface area (Å²) in [6, 6.07) is 2.43. The van der Waals surface area contributed by atoms with Crippen LogP contribution in [-0.2, 0) is 10.0 Å². The van der Waals surface area contributed by atoms with E-state index in [0.717, 1.165) is 66.7 Å². The number of aryl methyl sites for hydroxylation is 1. The minimum absolute atomic E-state index is 0.245. The minimum atomic E-state index is -3.17. The summed E-state index contributed by atoms with van der Waals surface area (Å²) in [5.74, 6) is 1.54. The first-order valence-corrected chi connectivity index (χ1v) is 12.5. The van der Waals surface area contributed by atoms with E-state index in [4.69, 9.17) is 4.98 Å². The van der Waals surface area contributed by atoms with Crippen LogP contribution in [0, 0.1) is 12.8 Å². The first kappa shape index (κ1) is 20.0. The molecule has 0 radical (unpaired) electrons. The zero-order valence-corrected chi connectivity index (χ0v) is 18.5. The summed E-state index contributed by atoms with van der Waals surface area (Å²) in [4.78, 5) is 14.6. The highest BCUT2D eigenvalue weighted by molar-refractivity contribution is 7.89. The molecule has 1 N–H and O–H groups in total. The maximum Gasteiger partial charge on any atom is 0.214 e. The van der Waals surface area contributed by atoms with Crippen molar-refractivity contribution in [2.75, 3.05) is 39.0 Å². The summed E-state index contributed by atoms with van der Waals surface area (Å²) < 4.78 is 29.9. The van der Waals surface area contributed by atoms with Gasteiger partial charge in [0.25, 0.3) is 0 Å². The second kappa shape index (κ2) is 7.62. The van der Waals surface area contributed by atoms with Crippen LogP contribution in [0.1, 0.15) is 37.5 Å². The van der Waals surface area contributed by atoms with Gasteiger partial charge in [-0.05, 0) is 51.6 Å². The predicted octanol–water partition coefficient (Wildman–Crippen LogP) is 2.53. The zero-order chi connectivity index (χ0) is 20.9.